The van der Waals surface area contributed by atoms with Crippen LogP contribution in [0.5, 0.6) is 0 Å². The SMILES string of the molecule is CN(C)CC(O)C1CCC1. The summed E-state index contributed by atoms with van der Waals surface area (Å²) in [6.45, 7) is 0.824. The molecule has 1 aliphatic carbocycles. The Morgan fingerprint density at radius 2 is 2.10 bits per heavy atom. The van der Waals surface area contributed by atoms with Crippen molar-refractivity contribution < 1.29 is 5.11 Å². The monoisotopic (exact) mass is 143 g/mol. The Kier molecular flexibility index (Phi) is 2.69. The summed E-state index contributed by atoms with van der Waals surface area (Å²) in [5, 5.41) is 9.50. The molecule has 60 valence electrons. The van der Waals surface area contributed by atoms with E-state index in [1.807, 2.05) is 19.0 Å². The lowest BCUT2D eigenvalue weighted by Gasteiger charge is -2.31. The number of likely N-dealkylation sites (N-methyl/N-ethyl adjacent to an activating group) is 1. The Morgan fingerprint density at radius 3 is 2.40 bits per heavy atom. The van der Waals surface area contributed by atoms with Gasteiger partial charge in [0.05, 0.1) is 6.10 Å². The number of rotatable bonds is 3. The predicted octanol–water partition coefficient (Wildman–Crippen LogP) is 0.709. The lowest BCUT2D eigenvalue weighted by molar-refractivity contribution is 0.0420. The third kappa shape index (κ3) is 1.96. The zero-order valence-electron chi connectivity index (χ0n) is 6.88. The number of nitrogens with zero attached hydrogens (tertiary/aromatic N) is 1. The van der Waals surface area contributed by atoms with Gasteiger partial charge in [0.25, 0.3) is 0 Å². The molecule has 0 aliphatic heterocycles. The van der Waals surface area contributed by atoms with Crippen LogP contribution in [0.4, 0.5) is 0 Å². The van der Waals surface area contributed by atoms with Crippen LogP contribution >= 0.6 is 0 Å². The molecular weight excluding hydrogens is 126 g/mol. The summed E-state index contributed by atoms with van der Waals surface area (Å²) < 4.78 is 0. The van der Waals surface area contributed by atoms with Crippen molar-refractivity contribution in [2.24, 2.45) is 5.92 Å². The summed E-state index contributed by atoms with van der Waals surface area (Å²) in [7, 11) is 4.00. The first kappa shape index (κ1) is 8.02. The molecule has 1 aliphatic rings. The quantitative estimate of drug-likeness (QED) is 0.629. The molecule has 0 spiro atoms. The van der Waals surface area contributed by atoms with E-state index in [1.165, 1.54) is 19.3 Å². The second-order valence-electron chi connectivity index (χ2n) is 3.52. The molecule has 0 radical (unpaired) electrons. The molecular formula is C8H17NO. The van der Waals surface area contributed by atoms with E-state index >= 15 is 0 Å². The molecule has 1 saturated carbocycles. The molecule has 2 heteroatoms. The summed E-state index contributed by atoms with van der Waals surface area (Å²) >= 11 is 0. The number of aliphatic hydroxyl groups excluding tert-OH is 1. The maximum absolute atomic E-state index is 9.50. The van der Waals surface area contributed by atoms with Crippen molar-refractivity contribution in [2.45, 2.75) is 25.4 Å². The Labute approximate surface area is 62.8 Å². The zero-order valence-corrected chi connectivity index (χ0v) is 6.88. The second-order valence-corrected chi connectivity index (χ2v) is 3.52. The standard InChI is InChI=1S/C8H17NO/c1-9(2)6-8(10)7-4-3-5-7/h7-8,10H,3-6H2,1-2H3. The summed E-state index contributed by atoms with van der Waals surface area (Å²) in [6.07, 6.45) is 3.70. The van der Waals surface area contributed by atoms with Gasteiger partial charge in [-0.15, -0.1) is 0 Å². The summed E-state index contributed by atoms with van der Waals surface area (Å²) in [5.74, 6) is 0.599. The van der Waals surface area contributed by atoms with Gasteiger partial charge in [-0.25, -0.2) is 0 Å². The molecule has 0 heterocycles. The molecule has 0 aromatic rings. The molecule has 0 aromatic carbocycles. The van der Waals surface area contributed by atoms with Crippen molar-refractivity contribution >= 4 is 0 Å². The highest BCUT2D eigenvalue weighted by Crippen LogP contribution is 2.29. The fourth-order valence-corrected chi connectivity index (χ4v) is 1.35. The topological polar surface area (TPSA) is 23.5 Å². The van der Waals surface area contributed by atoms with Crippen LogP contribution in [-0.4, -0.2) is 36.8 Å². The molecule has 10 heavy (non-hydrogen) atoms. The van der Waals surface area contributed by atoms with Gasteiger partial charge in [-0.05, 0) is 32.9 Å². The second kappa shape index (κ2) is 3.35. The molecule has 0 aromatic heterocycles. The zero-order chi connectivity index (χ0) is 7.56. The van der Waals surface area contributed by atoms with Gasteiger partial charge in [-0.2, -0.15) is 0 Å². The minimum absolute atomic E-state index is 0.0799. The van der Waals surface area contributed by atoms with Crippen LogP contribution in [0.25, 0.3) is 0 Å². The summed E-state index contributed by atoms with van der Waals surface area (Å²) in [6, 6.07) is 0. The molecule has 1 atom stereocenters. The predicted molar refractivity (Wildman–Crippen MR) is 41.9 cm³/mol. The van der Waals surface area contributed by atoms with Crippen LogP contribution in [0.15, 0.2) is 0 Å². The van der Waals surface area contributed by atoms with Crippen LogP contribution < -0.4 is 0 Å². The first-order chi connectivity index (χ1) is 4.70. The van der Waals surface area contributed by atoms with Crippen molar-refractivity contribution in [3.8, 4) is 0 Å². The van der Waals surface area contributed by atoms with Crippen LogP contribution in [0.2, 0.25) is 0 Å². The van der Waals surface area contributed by atoms with Crippen molar-refractivity contribution in [3.63, 3.8) is 0 Å². The lowest BCUT2D eigenvalue weighted by Crippen LogP contribution is -2.35. The number of hydrogen-bond donors (Lipinski definition) is 1. The normalized spacial score (nSPS) is 22.8. The van der Waals surface area contributed by atoms with E-state index < -0.39 is 0 Å². The van der Waals surface area contributed by atoms with Gasteiger partial charge in [0, 0.05) is 6.54 Å². The fraction of sp³-hybridized carbons (Fsp3) is 1.00. The Morgan fingerprint density at radius 1 is 1.50 bits per heavy atom. The van der Waals surface area contributed by atoms with E-state index in [1.54, 1.807) is 0 Å². The molecule has 0 amide bonds. The third-order valence-electron chi connectivity index (χ3n) is 2.25. The Balaban J connectivity index is 2.13. The van der Waals surface area contributed by atoms with Crippen molar-refractivity contribution in [2.75, 3.05) is 20.6 Å². The smallest absolute Gasteiger partial charge is 0.0694 e. The number of aliphatic hydroxyl groups is 1. The molecule has 1 rings (SSSR count). The van der Waals surface area contributed by atoms with Crippen molar-refractivity contribution in [3.05, 3.63) is 0 Å². The van der Waals surface area contributed by atoms with Gasteiger partial charge < -0.3 is 10.0 Å². The average Bonchev–Trinajstić information content (AvgIpc) is 1.55. The van der Waals surface area contributed by atoms with Crippen LogP contribution in [-0.2, 0) is 0 Å². The van der Waals surface area contributed by atoms with E-state index in [2.05, 4.69) is 0 Å². The lowest BCUT2D eigenvalue weighted by atomic mass is 9.81. The van der Waals surface area contributed by atoms with Crippen LogP contribution in [0.1, 0.15) is 19.3 Å². The van der Waals surface area contributed by atoms with Crippen molar-refractivity contribution in [1.29, 1.82) is 0 Å². The Hall–Kier alpha value is -0.0800. The minimum Gasteiger partial charge on any atom is -0.392 e. The highest BCUT2D eigenvalue weighted by molar-refractivity contribution is 4.77. The average molecular weight is 143 g/mol. The Bertz CT molecular complexity index is 99.4. The fourth-order valence-electron chi connectivity index (χ4n) is 1.35. The van der Waals surface area contributed by atoms with E-state index in [0.717, 1.165) is 6.54 Å². The molecule has 0 bridgehead atoms. The van der Waals surface area contributed by atoms with Gasteiger partial charge in [-0.3, -0.25) is 0 Å². The van der Waals surface area contributed by atoms with Gasteiger partial charge in [0.15, 0.2) is 0 Å². The highest BCUT2D eigenvalue weighted by atomic mass is 16.3. The maximum Gasteiger partial charge on any atom is 0.0694 e. The van der Waals surface area contributed by atoms with Gasteiger partial charge in [0.2, 0.25) is 0 Å². The third-order valence-corrected chi connectivity index (χ3v) is 2.25. The van der Waals surface area contributed by atoms with E-state index in [0.29, 0.717) is 5.92 Å². The van der Waals surface area contributed by atoms with Crippen molar-refractivity contribution in [1.82, 2.24) is 4.90 Å². The highest BCUT2D eigenvalue weighted by Gasteiger charge is 2.25. The largest absolute Gasteiger partial charge is 0.392 e. The minimum atomic E-state index is -0.0799. The van der Waals surface area contributed by atoms with Gasteiger partial charge in [-0.1, -0.05) is 6.42 Å². The van der Waals surface area contributed by atoms with Gasteiger partial charge in [0.1, 0.15) is 0 Å². The summed E-state index contributed by atoms with van der Waals surface area (Å²) in [5.41, 5.74) is 0. The first-order valence-corrected chi connectivity index (χ1v) is 4.03. The van der Waals surface area contributed by atoms with E-state index in [9.17, 15) is 5.11 Å². The van der Waals surface area contributed by atoms with Gasteiger partial charge >= 0.3 is 0 Å². The maximum atomic E-state index is 9.50. The molecule has 1 unspecified atom stereocenters. The molecule has 1 N–H and O–H groups in total. The first-order valence-electron chi connectivity index (χ1n) is 4.03. The molecule has 1 fully saturated rings. The van der Waals surface area contributed by atoms with Crippen LogP contribution in [0.3, 0.4) is 0 Å². The van der Waals surface area contributed by atoms with E-state index in [4.69, 9.17) is 0 Å². The van der Waals surface area contributed by atoms with Crippen LogP contribution in [0, 0.1) is 5.92 Å². The number of hydrogen-bond acceptors (Lipinski definition) is 2. The molecule has 2 nitrogen and oxygen atoms in total. The summed E-state index contributed by atoms with van der Waals surface area (Å²) in [4.78, 5) is 2.04. The molecule has 0 saturated heterocycles. The van der Waals surface area contributed by atoms with E-state index in [-0.39, 0.29) is 6.10 Å².